The molecule has 0 bridgehead atoms. The van der Waals surface area contributed by atoms with Crippen molar-refractivity contribution < 1.29 is 9.53 Å². The number of amides is 1. The van der Waals surface area contributed by atoms with Gasteiger partial charge in [0, 0.05) is 32.3 Å². The quantitative estimate of drug-likeness (QED) is 0.833. The monoisotopic (exact) mass is 329 g/mol. The number of para-hydroxylation sites is 1. The van der Waals surface area contributed by atoms with E-state index in [0.717, 1.165) is 30.3 Å². The predicted octanol–water partition coefficient (Wildman–Crippen LogP) is 1.48. The fraction of sp³-hybridized carbons (Fsp3) is 0.471. The maximum atomic E-state index is 12.5. The Balaban J connectivity index is 1.66. The van der Waals surface area contributed by atoms with Crippen molar-refractivity contribution in [2.45, 2.75) is 25.9 Å². The van der Waals surface area contributed by atoms with Gasteiger partial charge in [-0.2, -0.15) is 0 Å². The third kappa shape index (κ3) is 3.41. The Hall–Kier alpha value is -2.41. The van der Waals surface area contributed by atoms with Gasteiger partial charge >= 0.3 is 0 Å². The molecule has 1 atom stereocenters. The predicted molar refractivity (Wildman–Crippen MR) is 90.7 cm³/mol. The summed E-state index contributed by atoms with van der Waals surface area (Å²) >= 11 is 0. The second-order valence-electron chi connectivity index (χ2n) is 5.87. The molecule has 2 heterocycles. The summed E-state index contributed by atoms with van der Waals surface area (Å²) in [6.07, 6.45) is 0.720. The highest BCUT2D eigenvalue weighted by atomic mass is 16.5. The summed E-state index contributed by atoms with van der Waals surface area (Å²) in [6, 6.07) is 9.76. The Kier molecular flexibility index (Phi) is 5.10. The first-order valence-corrected chi connectivity index (χ1v) is 8.20. The molecular weight excluding hydrogens is 306 g/mol. The molecule has 7 heteroatoms. The molecule has 1 aromatic carbocycles. The lowest BCUT2D eigenvalue weighted by molar-refractivity contribution is -0.137. The molecule has 0 radical (unpaired) electrons. The SMILES string of the molecule is COCCN1Cc2nnc(CCNc3ccccc3)n2[C@@H](C)C1=O. The summed E-state index contributed by atoms with van der Waals surface area (Å²) in [7, 11) is 1.64. The van der Waals surface area contributed by atoms with Crippen molar-refractivity contribution in [3.05, 3.63) is 42.0 Å². The van der Waals surface area contributed by atoms with Crippen LogP contribution in [0.25, 0.3) is 0 Å². The molecule has 0 spiro atoms. The minimum Gasteiger partial charge on any atom is -0.385 e. The van der Waals surface area contributed by atoms with E-state index in [2.05, 4.69) is 15.5 Å². The van der Waals surface area contributed by atoms with Crippen LogP contribution in [0.2, 0.25) is 0 Å². The smallest absolute Gasteiger partial charge is 0.245 e. The van der Waals surface area contributed by atoms with E-state index in [1.807, 2.05) is 41.8 Å². The van der Waals surface area contributed by atoms with Crippen LogP contribution in [0.1, 0.15) is 24.6 Å². The van der Waals surface area contributed by atoms with E-state index < -0.39 is 0 Å². The molecule has 128 valence electrons. The standard InChI is InChI=1S/C17H23N5O2/c1-13-17(23)21(10-11-24-2)12-16-20-19-15(22(13)16)8-9-18-14-6-4-3-5-7-14/h3-7,13,18H,8-12H2,1-2H3/t13-/m0/s1. The normalized spacial score (nSPS) is 17.0. The van der Waals surface area contributed by atoms with Crippen molar-refractivity contribution in [1.29, 1.82) is 0 Å². The molecule has 1 aliphatic heterocycles. The highest BCUT2D eigenvalue weighted by Gasteiger charge is 2.32. The molecule has 1 N–H and O–H groups in total. The van der Waals surface area contributed by atoms with E-state index >= 15 is 0 Å². The van der Waals surface area contributed by atoms with Crippen LogP contribution >= 0.6 is 0 Å². The van der Waals surface area contributed by atoms with Crippen LogP contribution in [-0.2, 0) is 22.5 Å². The molecule has 0 aliphatic carbocycles. The van der Waals surface area contributed by atoms with Crippen LogP contribution in [0.15, 0.2) is 30.3 Å². The number of methoxy groups -OCH3 is 1. The number of rotatable bonds is 7. The average molecular weight is 329 g/mol. The molecule has 1 aromatic heterocycles. The van der Waals surface area contributed by atoms with Crippen LogP contribution < -0.4 is 5.32 Å². The number of nitrogens with one attached hydrogen (secondary N) is 1. The van der Waals surface area contributed by atoms with E-state index in [-0.39, 0.29) is 11.9 Å². The zero-order valence-corrected chi connectivity index (χ0v) is 14.1. The van der Waals surface area contributed by atoms with Crippen LogP contribution in [-0.4, -0.2) is 52.4 Å². The Morgan fingerprint density at radius 3 is 2.83 bits per heavy atom. The number of aromatic nitrogens is 3. The minimum atomic E-state index is -0.271. The number of anilines is 1. The Labute approximate surface area is 141 Å². The summed E-state index contributed by atoms with van der Waals surface area (Å²) in [6.45, 7) is 4.25. The molecule has 0 saturated heterocycles. The fourth-order valence-electron chi connectivity index (χ4n) is 2.97. The molecule has 0 saturated carbocycles. The molecular formula is C17H23N5O2. The van der Waals surface area contributed by atoms with Crippen LogP contribution in [0.5, 0.6) is 0 Å². The summed E-state index contributed by atoms with van der Waals surface area (Å²) in [4.78, 5) is 14.3. The van der Waals surface area contributed by atoms with Gasteiger partial charge in [-0.15, -0.1) is 10.2 Å². The lowest BCUT2D eigenvalue weighted by atomic mass is 10.2. The van der Waals surface area contributed by atoms with Crippen molar-refractivity contribution in [3.63, 3.8) is 0 Å². The zero-order chi connectivity index (χ0) is 16.9. The second-order valence-corrected chi connectivity index (χ2v) is 5.87. The van der Waals surface area contributed by atoms with Gasteiger partial charge in [0.25, 0.3) is 0 Å². The fourth-order valence-corrected chi connectivity index (χ4v) is 2.97. The zero-order valence-electron chi connectivity index (χ0n) is 14.1. The molecule has 2 aromatic rings. The van der Waals surface area contributed by atoms with E-state index in [4.69, 9.17) is 4.74 Å². The van der Waals surface area contributed by atoms with Gasteiger partial charge < -0.3 is 19.5 Å². The molecule has 1 amide bonds. The second kappa shape index (κ2) is 7.44. The van der Waals surface area contributed by atoms with E-state index in [1.54, 1.807) is 12.0 Å². The number of hydrogen-bond donors (Lipinski definition) is 1. The first kappa shape index (κ1) is 16.4. The van der Waals surface area contributed by atoms with Gasteiger partial charge in [0.2, 0.25) is 5.91 Å². The van der Waals surface area contributed by atoms with Crippen LogP contribution in [0.4, 0.5) is 5.69 Å². The summed E-state index contributed by atoms with van der Waals surface area (Å²) in [5, 5.41) is 11.9. The lowest BCUT2D eigenvalue weighted by Gasteiger charge is -2.32. The average Bonchev–Trinajstić information content (AvgIpc) is 3.01. The third-order valence-corrected chi connectivity index (χ3v) is 4.24. The Bertz CT molecular complexity index is 686. The largest absolute Gasteiger partial charge is 0.385 e. The molecule has 3 rings (SSSR count). The van der Waals surface area contributed by atoms with Gasteiger partial charge in [-0.1, -0.05) is 18.2 Å². The van der Waals surface area contributed by atoms with Crippen LogP contribution in [0.3, 0.4) is 0 Å². The number of fused-ring (bicyclic) bond motifs is 1. The first-order chi connectivity index (χ1) is 11.7. The van der Waals surface area contributed by atoms with Crippen molar-refractivity contribution in [3.8, 4) is 0 Å². The molecule has 0 fully saturated rings. The maximum Gasteiger partial charge on any atom is 0.245 e. The highest BCUT2D eigenvalue weighted by Crippen LogP contribution is 2.22. The van der Waals surface area contributed by atoms with Gasteiger partial charge in [-0.05, 0) is 19.1 Å². The van der Waals surface area contributed by atoms with Gasteiger partial charge in [-0.25, -0.2) is 0 Å². The number of hydrogen-bond acceptors (Lipinski definition) is 5. The highest BCUT2D eigenvalue weighted by molar-refractivity contribution is 5.81. The van der Waals surface area contributed by atoms with E-state index in [0.29, 0.717) is 19.7 Å². The Morgan fingerprint density at radius 2 is 2.08 bits per heavy atom. The van der Waals surface area contributed by atoms with Crippen molar-refractivity contribution in [1.82, 2.24) is 19.7 Å². The van der Waals surface area contributed by atoms with Gasteiger partial charge in [-0.3, -0.25) is 4.79 Å². The van der Waals surface area contributed by atoms with E-state index in [1.165, 1.54) is 0 Å². The minimum absolute atomic E-state index is 0.0941. The first-order valence-electron chi connectivity index (χ1n) is 8.20. The number of benzene rings is 1. The summed E-state index contributed by atoms with van der Waals surface area (Å²) in [5.74, 6) is 1.78. The molecule has 7 nitrogen and oxygen atoms in total. The van der Waals surface area contributed by atoms with Gasteiger partial charge in [0.05, 0.1) is 13.2 Å². The van der Waals surface area contributed by atoms with Gasteiger partial charge in [0.15, 0.2) is 5.82 Å². The van der Waals surface area contributed by atoms with Gasteiger partial charge in [0.1, 0.15) is 11.9 Å². The third-order valence-electron chi connectivity index (χ3n) is 4.24. The summed E-state index contributed by atoms with van der Waals surface area (Å²) in [5.41, 5.74) is 1.07. The molecule has 0 unspecified atom stereocenters. The number of carbonyl (C=O) groups is 1. The van der Waals surface area contributed by atoms with E-state index in [9.17, 15) is 4.79 Å². The topological polar surface area (TPSA) is 72.3 Å². The molecule has 1 aliphatic rings. The lowest BCUT2D eigenvalue weighted by Crippen LogP contribution is -2.43. The van der Waals surface area contributed by atoms with Crippen molar-refractivity contribution in [2.24, 2.45) is 0 Å². The van der Waals surface area contributed by atoms with Crippen molar-refractivity contribution >= 4 is 11.6 Å². The van der Waals surface area contributed by atoms with Crippen molar-refractivity contribution in [2.75, 3.05) is 32.1 Å². The molecule has 24 heavy (non-hydrogen) atoms. The number of nitrogens with zero attached hydrogens (tertiary/aromatic N) is 4. The Morgan fingerprint density at radius 1 is 1.29 bits per heavy atom. The van der Waals surface area contributed by atoms with Crippen LogP contribution in [0, 0.1) is 0 Å². The summed E-state index contributed by atoms with van der Waals surface area (Å²) < 4.78 is 7.04. The number of carbonyl (C=O) groups excluding carboxylic acids is 1. The maximum absolute atomic E-state index is 12.5. The number of ether oxygens (including phenoxy) is 1.